The van der Waals surface area contributed by atoms with Gasteiger partial charge in [0.2, 0.25) is 0 Å². The van der Waals surface area contributed by atoms with Crippen LogP contribution in [0.2, 0.25) is 0 Å². The zero-order chi connectivity index (χ0) is 9.52. The Kier molecular flexibility index (Phi) is 4.12. The Labute approximate surface area is 78.0 Å². The number of carbonyl (C=O) groups is 1. The van der Waals surface area contributed by atoms with Crippen LogP contribution in [0.25, 0.3) is 0 Å². The predicted octanol–water partition coefficient (Wildman–Crippen LogP) is 1.10. The lowest BCUT2D eigenvalue weighted by Gasteiger charge is -2.08. The maximum Gasteiger partial charge on any atom is 0.127 e. The van der Waals surface area contributed by atoms with Gasteiger partial charge in [0, 0.05) is 18.3 Å². The van der Waals surface area contributed by atoms with E-state index in [-0.39, 0.29) is 5.92 Å². The first-order valence-electron chi connectivity index (χ1n) is 4.43. The molecule has 1 aromatic rings. The van der Waals surface area contributed by atoms with Crippen molar-refractivity contribution in [2.75, 3.05) is 6.54 Å². The molecule has 0 saturated carbocycles. The van der Waals surface area contributed by atoms with Gasteiger partial charge in [0.05, 0.1) is 0 Å². The summed E-state index contributed by atoms with van der Waals surface area (Å²) in [7, 11) is 0. The molecule has 0 aliphatic carbocycles. The fourth-order valence-electron chi connectivity index (χ4n) is 1.25. The van der Waals surface area contributed by atoms with E-state index in [1.54, 1.807) is 12.4 Å². The minimum atomic E-state index is -0.0442. The standard InChI is InChI=1S/C10H14N2O/c11-5-1-3-10(8-13)9-4-2-6-12-7-9/h2,4,6-8,10H,1,3,5,11H2. The number of hydrogen-bond donors (Lipinski definition) is 1. The topological polar surface area (TPSA) is 56.0 Å². The molecule has 1 aromatic heterocycles. The van der Waals surface area contributed by atoms with E-state index in [0.717, 1.165) is 24.7 Å². The third-order valence-electron chi connectivity index (χ3n) is 2.00. The molecule has 3 heteroatoms. The lowest BCUT2D eigenvalue weighted by Crippen LogP contribution is -2.05. The van der Waals surface area contributed by atoms with Crippen molar-refractivity contribution in [1.29, 1.82) is 0 Å². The van der Waals surface area contributed by atoms with Crippen molar-refractivity contribution < 1.29 is 4.79 Å². The Balaban J connectivity index is 2.61. The van der Waals surface area contributed by atoms with E-state index in [0.29, 0.717) is 6.54 Å². The van der Waals surface area contributed by atoms with E-state index in [9.17, 15) is 4.79 Å². The summed E-state index contributed by atoms with van der Waals surface area (Å²) < 4.78 is 0. The highest BCUT2D eigenvalue weighted by molar-refractivity contribution is 5.61. The molecule has 70 valence electrons. The lowest BCUT2D eigenvalue weighted by atomic mass is 9.97. The Morgan fingerprint density at radius 2 is 2.46 bits per heavy atom. The van der Waals surface area contributed by atoms with Crippen LogP contribution in [0.1, 0.15) is 24.3 Å². The second-order valence-electron chi connectivity index (χ2n) is 2.96. The highest BCUT2D eigenvalue weighted by Gasteiger charge is 2.08. The van der Waals surface area contributed by atoms with Crippen LogP contribution in [-0.2, 0) is 4.79 Å². The van der Waals surface area contributed by atoms with Crippen LogP contribution in [0, 0.1) is 0 Å². The summed E-state index contributed by atoms with van der Waals surface area (Å²) in [6, 6.07) is 3.76. The van der Waals surface area contributed by atoms with Crippen molar-refractivity contribution in [1.82, 2.24) is 4.98 Å². The molecule has 0 aliphatic heterocycles. The van der Waals surface area contributed by atoms with E-state index < -0.39 is 0 Å². The smallest absolute Gasteiger partial charge is 0.127 e. The quantitative estimate of drug-likeness (QED) is 0.687. The van der Waals surface area contributed by atoms with Gasteiger partial charge >= 0.3 is 0 Å². The van der Waals surface area contributed by atoms with Crippen LogP contribution in [0.3, 0.4) is 0 Å². The summed E-state index contributed by atoms with van der Waals surface area (Å²) in [4.78, 5) is 14.7. The van der Waals surface area contributed by atoms with Crippen molar-refractivity contribution >= 4 is 6.29 Å². The molecule has 3 nitrogen and oxygen atoms in total. The van der Waals surface area contributed by atoms with Crippen molar-refractivity contribution in [3.63, 3.8) is 0 Å². The van der Waals surface area contributed by atoms with Crippen LogP contribution < -0.4 is 5.73 Å². The van der Waals surface area contributed by atoms with Crippen LogP contribution in [-0.4, -0.2) is 17.8 Å². The Morgan fingerprint density at radius 1 is 1.62 bits per heavy atom. The first-order valence-corrected chi connectivity index (χ1v) is 4.43. The van der Waals surface area contributed by atoms with Gasteiger partial charge in [0.15, 0.2) is 0 Å². The van der Waals surface area contributed by atoms with Crippen LogP contribution in [0.15, 0.2) is 24.5 Å². The monoisotopic (exact) mass is 178 g/mol. The minimum absolute atomic E-state index is 0.0442. The Hall–Kier alpha value is -1.22. The highest BCUT2D eigenvalue weighted by atomic mass is 16.1. The van der Waals surface area contributed by atoms with Gasteiger partial charge in [-0.05, 0) is 31.0 Å². The second-order valence-corrected chi connectivity index (χ2v) is 2.96. The van der Waals surface area contributed by atoms with Crippen molar-refractivity contribution in [2.45, 2.75) is 18.8 Å². The highest BCUT2D eigenvalue weighted by Crippen LogP contribution is 2.16. The number of nitrogens with two attached hydrogens (primary N) is 1. The fraction of sp³-hybridized carbons (Fsp3) is 0.400. The molecular formula is C10H14N2O. The van der Waals surface area contributed by atoms with E-state index >= 15 is 0 Å². The molecule has 0 radical (unpaired) electrons. The van der Waals surface area contributed by atoms with Gasteiger partial charge in [-0.2, -0.15) is 0 Å². The Bertz CT molecular complexity index is 248. The first kappa shape index (κ1) is 9.86. The van der Waals surface area contributed by atoms with Gasteiger partial charge in [-0.15, -0.1) is 0 Å². The van der Waals surface area contributed by atoms with Gasteiger partial charge in [-0.3, -0.25) is 4.98 Å². The average Bonchev–Trinajstić information content (AvgIpc) is 2.21. The summed E-state index contributed by atoms with van der Waals surface area (Å²) in [5.74, 6) is -0.0442. The molecule has 1 unspecified atom stereocenters. The third kappa shape index (κ3) is 2.95. The fourth-order valence-corrected chi connectivity index (χ4v) is 1.25. The molecule has 0 aromatic carbocycles. The van der Waals surface area contributed by atoms with E-state index in [1.165, 1.54) is 0 Å². The zero-order valence-electron chi connectivity index (χ0n) is 7.52. The number of pyridine rings is 1. The molecule has 0 fully saturated rings. The van der Waals surface area contributed by atoms with Gasteiger partial charge in [-0.1, -0.05) is 6.07 Å². The molecule has 1 atom stereocenters. The largest absolute Gasteiger partial charge is 0.330 e. The van der Waals surface area contributed by atoms with Crippen LogP contribution in [0.5, 0.6) is 0 Å². The lowest BCUT2D eigenvalue weighted by molar-refractivity contribution is -0.109. The summed E-state index contributed by atoms with van der Waals surface area (Å²) >= 11 is 0. The zero-order valence-corrected chi connectivity index (χ0v) is 7.52. The number of rotatable bonds is 5. The molecule has 0 bridgehead atoms. The number of hydrogen-bond acceptors (Lipinski definition) is 3. The molecule has 0 aliphatic rings. The van der Waals surface area contributed by atoms with Crippen molar-refractivity contribution in [2.24, 2.45) is 5.73 Å². The molecule has 1 heterocycles. The molecule has 2 N–H and O–H groups in total. The molecule has 0 spiro atoms. The van der Waals surface area contributed by atoms with Gasteiger partial charge < -0.3 is 10.5 Å². The molecule has 13 heavy (non-hydrogen) atoms. The van der Waals surface area contributed by atoms with Gasteiger partial charge in [-0.25, -0.2) is 0 Å². The van der Waals surface area contributed by atoms with Crippen molar-refractivity contribution in [3.05, 3.63) is 30.1 Å². The van der Waals surface area contributed by atoms with Crippen LogP contribution in [0.4, 0.5) is 0 Å². The minimum Gasteiger partial charge on any atom is -0.330 e. The van der Waals surface area contributed by atoms with Gasteiger partial charge in [0.25, 0.3) is 0 Å². The van der Waals surface area contributed by atoms with E-state index in [1.807, 2.05) is 12.1 Å². The predicted molar refractivity (Wildman–Crippen MR) is 51.3 cm³/mol. The maximum absolute atomic E-state index is 10.7. The van der Waals surface area contributed by atoms with Gasteiger partial charge in [0.1, 0.15) is 6.29 Å². The molecule has 1 rings (SSSR count). The summed E-state index contributed by atoms with van der Waals surface area (Å²) in [5.41, 5.74) is 6.36. The molecular weight excluding hydrogens is 164 g/mol. The summed E-state index contributed by atoms with van der Waals surface area (Å²) in [6.45, 7) is 0.630. The SMILES string of the molecule is NCCCC(C=O)c1cccnc1. The average molecular weight is 178 g/mol. The molecule has 0 saturated heterocycles. The number of aldehydes is 1. The number of nitrogens with zero attached hydrogens (tertiary/aromatic N) is 1. The maximum atomic E-state index is 10.7. The van der Waals surface area contributed by atoms with Crippen molar-refractivity contribution in [3.8, 4) is 0 Å². The van der Waals surface area contributed by atoms with Crippen LogP contribution >= 0.6 is 0 Å². The summed E-state index contributed by atoms with van der Waals surface area (Å²) in [6.07, 6.45) is 6.08. The summed E-state index contributed by atoms with van der Waals surface area (Å²) in [5, 5.41) is 0. The second kappa shape index (κ2) is 5.43. The van der Waals surface area contributed by atoms with E-state index in [4.69, 9.17) is 5.73 Å². The number of carbonyl (C=O) groups excluding carboxylic acids is 1. The number of aromatic nitrogens is 1. The third-order valence-corrected chi connectivity index (χ3v) is 2.00. The molecule has 0 amide bonds. The normalized spacial score (nSPS) is 12.4. The Morgan fingerprint density at radius 3 is 3.00 bits per heavy atom. The van der Waals surface area contributed by atoms with E-state index in [2.05, 4.69) is 4.98 Å². The first-order chi connectivity index (χ1) is 6.38.